The molecule has 0 spiro atoms. The van der Waals surface area contributed by atoms with Crippen LogP contribution in [-0.2, 0) is 6.54 Å². The molecule has 2 N–H and O–H groups in total. The summed E-state index contributed by atoms with van der Waals surface area (Å²) in [5, 5.41) is 10.5. The van der Waals surface area contributed by atoms with E-state index in [1.54, 1.807) is 0 Å². The number of aromatic nitrogens is 1. The van der Waals surface area contributed by atoms with E-state index in [9.17, 15) is 5.26 Å². The highest BCUT2D eigenvalue weighted by atomic mass is 32.1. The van der Waals surface area contributed by atoms with Gasteiger partial charge in [-0.2, -0.15) is 5.26 Å². The van der Waals surface area contributed by atoms with Crippen LogP contribution < -0.4 is 9.92 Å². The minimum atomic E-state index is 0.649. The highest BCUT2D eigenvalue weighted by Gasteiger charge is 2.18. The van der Waals surface area contributed by atoms with Gasteiger partial charge in [-0.1, -0.05) is 12.1 Å². The predicted molar refractivity (Wildman–Crippen MR) is 91.8 cm³/mol. The van der Waals surface area contributed by atoms with Crippen LogP contribution in [0.2, 0.25) is 0 Å². The zero-order chi connectivity index (χ0) is 15.7. The molecule has 0 aliphatic carbocycles. The molecule has 0 saturated carbocycles. The molecule has 2 aromatic carbocycles. The van der Waals surface area contributed by atoms with E-state index in [1.165, 1.54) is 0 Å². The Hall–Kier alpha value is -2.58. The lowest BCUT2D eigenvalue weighted by Crippen LogP contribution is -1.98. The minimum Gasteiger partial charge on any atom is -0.429 e. The topological polar surface area (TPSA) is 64.0 Å². The first kappa shape index (κ1) is 14.4. The fraction of sp³-hybridized carbons (Fsp3) is 0.118. The average Bonchev–Trinajstić information content (AvgIpc) is 2.87. The molecule has 0 radical (unpaired) electrons. The summed E-state index contributed by atoms with van der Waals surface area (Å²) in [5.74, 6) is 0.649. The molecule has 0 fully saturated rings. The average molecular weight is 309 g/mol. The first-order chi connectivity index (χ1) is 10.7. The molecule has 3 rings (SSSR count). The number of nitrogens with zero attached hydrogens (tertiary/aromatic N) is 2. The Morgan fingerprint density at radius 1 is 1.23 bits per heavy atom. The smallest absolute Gasteiger partial charge is 0.139 e. The van der Waals surface area contributed by atoms with Crippen molar-refractivity contribution in [2.45, 2.75) is 13.5 Å². The lowest BCUT2D eigenvalue weighted by Gasteiger charge is -2.09. The number of fused-ring (bicyclic) bond motifs is 1. The molecule has 22 heavy (non-hydrogen) atoms. The number of thiol groups is 1. The van der Waals surface area contributed by atoms with Crippen molar-refractivity contribution in [2.24, 2.45) is 0 Å². The molecule has 110 valence electrons. The van der Waals surface area contributed by atoms with Gasteiger partial charge in [-0.3, -0.25) is 0 Å². The van der Waals surface area contributed by atoms with Crippen molar-refractivity contribution in [2.75, 3.05) is 5.73 Å². The highest BCUT2D eigenvalue weighted by molar-refractivity contribution is 7.75. The van der Waals surface area contributed by atoms with Crippen LogP contribution >= 0.6 is 12.9 Å². The first-order valence-corrected chi connectivity index (χ1v) is 7.29. The van der Waals surface area contributed by atoms with Crippen molar-refractivity contribution in [3.05, 3.63) is 48.0 Å². The number of nitrogen functional groups attached to an aromatic ring is 1. The fourth-order valence-electron chi connectivity index (χ4n) is 2.77. The zero-order valence-corrected chi connectivity index (χ0v) is 13.0. The summed E-state index contributed by atoms with van der Waals surface area (Å²) in [6.07, 6.45) is 0. The van der Waals surface area contributed by atoms with Gasteiger partial charge in [0.1, 0.15) is 11.8 Å². The van der Waals surface area contributed by atoms with E-state index in [-0.39, 0.29) is 0 Å². The van der Waals surface area contributed by atoms with Crippen molar-refractivity contribution >= 4 is 29.5 Å². The van der Waals surface area contributed by atoms with Crippen molar-refractivity contribution < 1.29 is 4.18 Å². The van der Waals surface area contributed by atoms with E-state index in [0.29, 0.717) is 17.0 Å². The van der Waals surface area contributed by atoms with Crippen molar-refractivity contribution in [3.8, 4) is 23.1 Å². The highest BCUT2D eigenvalue weighted by Crippen LogP contribution is 2.35. The van der Waals surface area contributed by atoms with E-state index < -0.39 is 0 Å². The van der Waals surface area contributed by atoms with E-state index >= 15 is 0 Å². The van der Waals surface area contributed by atoms with Gasteiger partial charge >= 0.3 is 0 Å². The summed E-state index contributed by atoms with van der Waals surface area (Å²) in [6.45, 7) is 2.80. The molecular formula is C17H15N3OS. The second-order valence-electron chi connectivity index (χ2n) is 4.97. The van der Waals surface area contributed by atoms with Gasteiger partial charge < -0.3 is 14.5 Å². The molecule has 1 heterocycles. The molecule has 5 heteroatoms. The second kappa shape index (κ2) is 5.66. The van der Waals surface area contributed by atoms with E-state index in [4.69, 9.17) is 9.92 Å². The summed E-state index contributed by atoms with van der Waals surface area (Å²) in [7, 11) is 0. The second-order valence-corrected chi connectivity index (χ2v) is 5.15. The number of nitrogens with two attached hydrogens (primary N) is 1. The third-order valence-electron chi connectivity index (χ3n) is 3.75. The third kappa shape index (κ3) is 2.18. The lowest BCUT2D eigenvalue weighted by atomic mass is 10.1. The van der Waals surface area contributed by atoms with E-state index in [2.05, 4.69) is 30.5 Å². The number of rotatable bonds is 3. The molecule has 0 atom stereocenters. The standard InChI is InChI=1S/C17H15N3OS/c1-2-20-16-9-13(21-22)7-8-14(16)15(10-18)17(20)11-3-5-12(19)6-4-11/h3-9,22H,2,19H2,1H3. The van der Waals surface area contributed by atoms with Crippen molar-refractivity contribution in [3.63, 3.8) is 0 Å². The quantitative estimate of drug-likeness (QED) is 0.436. The molecule has 0 unspecified atom stereocenters. The van der Waals surface area contributed by atoms with E-state index in [0.717, 1.165) is 28.7 Å². The Morgan fingerprint density at radius 2 is 1.95 bits per heavy atom. The van der Waals surface area contributed by atoms with Gasteiger partial charge in [0.15, 0.2) is 0 Å². The molecule has 4 nitrogen and oxygen atoms in total. The molecular weight excluding hydrogens is 294 g/mol. The van der Waals surface area contributed by atoms with Gasteiger partial charge in [0, 0.05) is 36.6 Å². The molecule has 0 amide bonds. The van der Waals surface area contributed by atoms with Crippen molar-refractivity contribution in [1.82, 2.24) is 4.57 Å². The number of aryl methyl sites for hydroxylation is 1. The van der Waals surface area contributed by atoms with Crippen LogP contribution in [0.1, 0.15) is 12.5 Å². The SMILES string of the molecule is CCn1c(-c2ccc(N)cc2)c(C#N)c2ccc(OS)cc21. The van der Waals surface area contributed by atoms with Gasteiger partial charge in [0.2, 0.25) is 0 Å². The number of hydrogen-bond donors (Lipinski definition) is 2. The number of nitriles is 1. The summed E-state index contributed by atoms with van der Waals surface area (Å²) in [4.78, 5) is 0. The van der Waals surface area contributed by atoms with Crippen LogP contribution in [0.4, 0.5) is 5.69 Å². The maximum atomic E-state index is 9.63. The maximum absolute atomic E-state index is 9.63. The van der Waals surface area contributed by atoms with E-state index in [1.807, 2.05) is 42.5 Å². The summed E-state index contributed by atoms with van der Waals surface area (Å²) in [5.41, 5.74) is 9.95. The van der Waals surface area contributed by atoms with Crippen LogP contribution in [-0.4, -0.2) is 4.57 Å². The molecule has 0 aliphatic heterocycles. The largest absolute Gasteiger partial charge is 0.429 e. The zero-order valence-electron chi connectivity index (χ0n) is 12.1. The summed E-state index contributed by atoms with van der Waals surface area (Å²) >= 11 is 3.85. The molecule has 3 aromatic rings. The normalized spacial score (nSPS) is 10.6. The van der Waals surface area contributed by atoms with Crippen molar-refractivity contribution in [1.29, 1.82) is 5.26 Å². The Kier molecular flexibility index (Phi) is 3.70. The maximum Gasteiger partial charge on any atom is 0.139 e. The molecule has 1 aromatic heterocycles. The first-order valence-electron chi connectivity index (χ1n) is 6.93. The summed E-state index contributed by atoms with van der Waals surface area (Å²) in [6, 6.07) is 15.5. The molecule has 0 bridgehead atoms. The van der Waals surface area contributed by atoms with Crippen LogP contribution in [0, 0.1) is 11.3 Å². The predicted octanol–water partition coefficient (Wildman–Crippen LogP) is 4.01. The van der Waals surface area contributed by atoms with Gasteiger partial charge in [-0.05, 0) is 36.8 Å². The van der Waals surface area contributed by atoms with Crippen LogP contribution in [0.25, 0.3) is 22.2 Å². The Balaban J connectivity index is 2.37. The van der Waals surface area contributed by atoms with Gasteiger partial charge in [-0.25, -0.2) is 0 Å². The van der Waals surface area contributed by atoms with Crippen LogP contribution in [0.3, 0.4) is 0 Å². The number of benzene rings is 2. The lowest BCUT2D eigenvalue weighted by molar-refractivity contribution is 0.659. The van der Waals surface area contributed by atoms with Gasteiger partial charge in [0.25, 0.3) is 0 Å². The Bertz CT molecular complexity index is 876. The number of hydrogen-bond acceptors (Lipinski definition) is 4. The summed E-state index contributed by atoms with van der Waals surface area (Å²) < 4.78 is 7.11. The van der Waals surface area contributed by atoms with Gasteiger partial charge in [-0.15, -0.1) is 0 Å². The monoisotopic (exact) mass is 309 g/mol. The van der Waals surface area contributed by atoms with Crippen LogP contribution in [0.15, 0.2) is 42.5 Å². The molecule has 0 aliphatic rings. The third-order valence-corrected chi connectivity index (χ3v) is 3.96. The number of anilines is 1. The van der Waals surface area contributed by atoms with Crippen LogP contribution in [0.5, 0.6) is 5.75 Å². The molecule has 0 saturated heterocycles. The fourth-order valence-corrected chi connectivity index (χ4v) is 2.88. The Morgan fingerprint density at radius 3 is 2.55 bits per heavy atom. The Labute approximate surface area is 134 Å². The van der Waals surface area contributed by atoms with Gasteiger partial charge in [0.05, 0.1) is 16.8 Å². The minimum absolute atomic E-state index is 0.649.